The number of aliphatic imine (C=N–C) groups is 1. The van der Waals surface area contributed by atoms with Gasteiger partial charge in [0.05, 0.1) is 37.3 Å². The van der Waals surface area contributed by atoms with Crippen molar-refractivity contribution in [2.45, 2.75) is 47.8 Å². The molecule has 47 heavy (non-hydrogen) atoms. The van der Waals surface area contributed by atoms with Gasteiger partial charge >= 0.3 is 0 Å². The Labute approximate surface area is 274 Å². The fourth-order valence-corrected chi connectivity index (χ4v) is 4.67. The van der Waals surface area contributed by atoms with Crippen LogP contribution in [0.25, 0.3) is 16.9 Å². The van der Waals surface area contributed by atoms with Crippen LogP contribution >= 0.6 is 0 Å². The number of allylic oxidation sites excluding steroid dienone is 2. The molecule has 12 nitrogen and oxygen atoms in total. The number of hydrogen-bond acceptors (Lipinski definition) is 10. The van der Waals surface area contributed by atoms with Crippen LogP contribution < -0.4 is 20.5 Å². The van der Waals surface area contributed by atoms with Gasteiger partial charge in [-0.1, -0.05) is 44.2 Å². The summed E-state index contributed by atoms with van der Waals surface area (Å²) in [5.41, 5.74) is 10.9. The summed E-state index contributed by atoms with van der Waals surface area (Å²) in [5.74, 6) is 1.59. The molecule has 12 heteroatoms. The Morgan fingerprint density at radius 2 is 1.85 bits per heavy atom. The summed E-state index contributed by atoms with van der Waals surface area (Å²) in [6, 6.07) is 15.1. The first-order chi connectivity index (χ1) is 22.8. The van der Waals surface area contributed by atoms with Gasteiger partial charge < -0.3 is 29.7 Å². The van der Waals surface area contributed by atoms with Crippen LogP contribution in [0.3, 0.4) is 0 Å². The molecule has 0 fully saturated rings. The number of nitrogens with two attached hydrogens (primary N) is 1. The van der Waals surface area contributed by atoms with Crippen LogP contribution in [0.1, 0.15) is 61.0 Å². The molecule has 246 valence electrons. The molecule has 0 aliphatic rings. The predicted octanol–water partition coefficient (Wildman–Crippen LogP) is 5.88. The molecule has 0 aliphatic carbocycles. The van der Waals surface area contributed by atoms with Crippen LogP contribution in [-0.2, 0) is 17.9 Å². The maximum atomic E-state index is 13.5. The summed E-state index contributed by atoms with van der Waals surface area (Å²) >= 11 is 0. The van der Waals surface area contributed by atoms with E-state index in [4.69, 9.17) is 29.3 Å². The van der Waals surface area contributed by atoms with Crippen molar-refractivity contribution in [1.82, 2.24) is 24.7 Å². The number of fused-ring (bicyclic) bond motifs is 1. The smallest absolute Gasteiger partial charge is 0.287 e. The first-order valence-corrected chi connectivity index (χ1v) is 15.3. The van der Waals surface area contributed by atoms with Crippen LogP contribution in [0.5, 0.6) is 11.5 Å². The number of imidazole rings is 1. The number of amides is 1. The largest absolute Gasteiger partial charge is 0.497 e. The van der Waals surface area contributed by atoms with Gasteiger partial charge in [-0.05, 0) is 38.5 Å². The van der Waals surface area contributed by atoms with Crippen LogP contribution in [0, 0.1) is 6.92 Å². The number of carbonyl (C=O) groups excluding carboxylic acids is 1. The number of methoxy groups -OCH3 is 2. The standard InChI is InChI=1S/C33H35N7O5.C2H6/c1-6-35-29(30(21(3)34)44-18-22-10-8-7-9-11-22)33-38-25(19-45-33)28-26-16-36-20(2)17-40(26)31(39-28)32(41)37-15-23-12-13-24(42-4)14-27(23)43-5;1-2/h7-14,16-17,19H,6,15,18,34H2,1-5H3,(H,37,41);1-2H3/b30-21+,35-29?;. The van der Waals surface area contributed by atoms with Crippen molar-refractivity contribution in [3.8, 4) is 22.9 Å². The molecular weight excluding hydrogens is 598 g/mol. The molecule has 3 aromatic heterocycles. The first kappa shape index (κ1) is 34.2. The zero-order chi connectivity index (χ0) is 33.9. The maximum Gasteiger partial charge on any atom is 0.287 e. The molecule has 0 atom stereocenters. The van der Waals surface area contributed by atoms with Gasteiger partial charge in [0.2, 0.25) is 11.7 Å². The number of nitrogens with one attached hydrogen (secondary N) is 1. The lowest BCUT2D eigenvalue weighted by Gasteiger charge is -2.13. The van der Waals surface area contributed by atoms with E-state index in [-0.39, 0.29) is 18.3 Å². The van der Waals surface area contributed by atoms with E-state index in [0.717, 1.165) is 11.1 Å². The third kappa shape index (κ3) is 7.96. The lowest BCUT2D eigenvalue weighted by molar-refractivity contribution is 0.0939. The highest BCUT2D eigenvalue weighted by molar-refractivity contribution is 6.09. The molecule has 3 heterocycles. The SMILES string of the molecule is CC.CCN=C(/C(OCc1ccccc1)=C(/C)N)c1nc(-c2nc(C(=O)NCc3ccc(OC)cc3OC)n3cc(C)ncc23)co1. The van der Waals surface area contributed by atoms with E-state index in [1.165, 1.54) is 6.26 Å². The average Bonchev–Trinajstić information content (AvgIpc) is 3.73. The van der Waals surface area contributed by atoms with Crippen molar-refractivity contribution in [2.24, 2.45) is 10.7 Å². The molecule has 0 radical (unpaired) electrons. The minimum atomic E-state index is -0.394. The molecule has 5 rings (SSSR count). The fourth-order valence-electron chi connectivity index (χ4n) is 4.67. The molecule has 0 saturated heterocycles. The molecule has 0 spiro atoms. The highest BCUT2D eigenvalue weighted by atomic mass is 16.5. The predicted molar refractivity (Wildman–Crippen MR) is 180 cm³/mol. The zero-order valence-electron chi connectivity index (χ0n) is 27.8. The molecule has 0 aliphatic heterocycles. The summed E-state index contributed by atoms with van der Waals surface area (Å²) in [5, 5.41) is 2.94. The van der Waals surface area contributed by atoms with Crippen molar-refractivity contribution in [1.29, 1.82) is 0 Å². The molecule has 0 saturated carbocycles. The van der Waals surface area contributed by atoms with Crippen LogP contribution in [0.4, 0.5) is 0 Å². The quantitative estimate of drug-likeness (QED) is 0.126. The van der Waals surface area contributed by atoms with E-state index in [0.29, 0.717) is 64.4 Å². The topological polar surface area (TPSA) is 151 Å². The average molecular weight is 640 g/mol. The molecule has 0 bridgehead atoms. The van der Waals surface area contributed by atoms with E-state index < -0.39 is 5.91 Å². The second-order valence-electron chi connectivity index (χ2n) is 10.1. The summed E-state index contributed by atoms with van der Waals surface area (Å²) in [7, 11) is 3.15. The number of ether oxygens (including phenoxy) is 3. The third-order valence-electron chi connectivity index (χ3n) is 6.86. The number of benzene rings is 2. The number of rotatable bonds is 12. The summed E-state index contributed by atoms with van der Waals surface area (Å²) in [4.78, 5) is 31.9. The molecule has 0 unspecified atom stereocenters. The minimum absolute atomic E-state index is 0.162. The normalized spacial score (nSPS) is 11.8. The van der Waals surface area contributed by atoms with Gasteiger partial charge in [0.1, 0.15) is 35.8 Å². The van der Waals surface area contributed by atoms with Gasteiger partial charge in [0, 0.05) is 30.9 Å². The van der Waals surface area contributed by atoms with Crippen LogP contribution in [0.2, 0.25) is 0 Å². The summed E-state index contributed by atoms with van der Waals surface area (Å²) in [6.07, 6.45) is 4.86. The van der Waals surface area contributed by atoms with E-state index in [2.05, 4.69) is 20.3 Å². The third-order valence-corrected chi connectivity index (χ3v) is 6.86. The second-order valence-corrected chi connectivity index (χ2v) is 10.1. The fraction of sp³-hybridized carbons (Fsp3) is 0.286. The number of nitrogens with zero attached hydrogens (tertiary/aromatic N) is 5. The van der Waals surface area contributed by atoms with E-state index >= 15 is 0 Å². The Balaban J connectivity index is 0.00000245. The lowest BCUT2D eigenvalue weighted by atomic mass is 10.2. The Morgan fingerprint density at radius 1 is 1.09 bits per heavy atom. The first-order valence-electron chi connectivity index (χ1n) is 15.3. The Bertz CT molecular complexity index is 1870. The van der Waals surface area contributed by atoms with Crippen molar-refractivity contribution < 1.29 is 23.4 Å². The molecule has 2 aromatic carbocycles. The lowest BCUT2D eigenvalue weighted by Crippen LogP contribution is -2.25. The molecule has 5 aromatic rings. The number of oxazole rings is 1. The van der Waals surface area contributed by atoms with Gasteiger partial charge in [-0.3, -0.25) is 19.2 Å². The van der Waals surface area contributed by atoms with Gasteiger partial charge in [-0.15, -0.1) is 0 Å². The number of aryl methyl sites for hydroxylation is 1. The monoisotopic (exact) mass is 639 g/mol. The Hall–Kier alpha value is -5.65. The number of aromatic nitrogens is 4. The zero-order valence-corrected chi connectivity index (χ0v) is 27.8. The van der Waals surface area contributed by atoms with Gasteiger partial charge in [0.25, 0.3) is 5.91 Å². The highest BCUT2D eigenvalue weighted by Crippen LogP contribution is 2.27. The number of hydrogen-bond donors (Lipinski definition) is 2. The Kier molecular flexibility index (Phi) is 11.7. The van der Waals surface area contributed by atoms with E-state index in [9.17, 15) is 4.79 Å². The molecule has 1 amide bonds. The van der Waals surface area contributed by atoms with Gasteiger partial charge in [-0.25, -0.2) is 9.97 Å². The summed E-state index contributed by atoms with van der Waals surface area (Å²) in [6.45, 7) is 10.4. The van der Waals surface area contributed by atoms with Crippen molar-refractivity contribution in [2.75, 3.05) is 20.8 Å². The van der Waals surface area contributed by atoms with Crippen molar-refractivity contribution >= 4 is 17.1 Å². The molecular formula is C35H41N7O5. The van der Waals surface area contributed by atoms with E-state index in [1.807, 2.05) is 64.1 Å². The van der Waals surface area contributed by atoms with Gasteiger partial charge in [-0.2, -0.15) is 0 Å². The van der Waals surface area contributed by atoms with Crippen LogP contribution in [0.15, 0.2) is 88.1 Å². The Morgan fingerprint density at radius 3 is 2.53 bits per heavy atom. The number of carbonyl (C=O) groups is 1. The second kappa shape index (κ2) is 16.1. The van der Waals surface area contributed by atoms with Crippen LogP contribution in [-0.4, -0.2) is 51.7 Å². The van der Waals surface area contributed by atoms with E-state index in [1.54, 1.807) is 50.1 Å². The minimum Gasteiger partial charge on any atom is -0.497 e. The van der Waals surface area contributed by atoms with Crippen molar-refractivity contribution in [3.63, 3.8) is 0 Å². The summed E-state index contributed by atoms with van der Waals surface area (Å²) < 4.78 is 24.4. The molecule has 3 N–H and O–H groups in total. The highest BCUT2D eigenvalue weighted by Gasteiger charge is 2.24. The van der Waals surface area contributed by atoms with Crippen molar-refractivity contribution in [3.05, 3.63) is 107 Å². The maximum absolute atomic E-state index is 13.5. The van der Waals surface area contributed by atoms with Gasteiger partial charge in [0.15, 0.2) is 11.5 Å².